The summed E-state index contributed by atoms with van der Waals surface area (Å²) in [5.41, 5.74) is 5.60. The van der Waals surface area contributed by atoms with E-state index in [2.05, 4.69) is 43.2 Å². The van der Waals surface area contributed by atoms with Crippen LogP contribution in [0.15, 0.2) is 0 Å². The Labute approximate surface area is 143 Å². The van der Waals surface area contributed by atoms with Crippen molar-refractivity contribution in [2.24, 2.45) is 13.0 Å². The molecule has 0 atom stereocenters. The van der Waals surface area contributed by atoms with Crippen molar-refractivity contribution >= 4 is 11.9 Å². The quantitative estimate of drug-likeness (QED) is 0.799. The Bertz CT molecular complexity index is 367. The number of hydrogen-bond acceptors (Lipinski definition) is 4. The van der Waals surface area contributed by atoms with Crippen LogP contribution in [0.25, 0.3) is 0 Å². The van der Waals surface area contributed by atoms with Crippen LogP contribution in [0.1, 0.15) is 85.5 Å². The fourth-order valence-corrected chi connectivity index (χ4v) is 2.48. The van der Waals surface area contributed by atoms with Gasteiger partial charge in [0, 0.05) is 13.6 Å². The van der Waals surface area contributed by atoms with Gasteiger partial charge < -0.3 is 11.1 Å². The fourth-order valence-electron chi connectivity index (χ4n) is 2.48. The Morgan fingerprint density at radius 1 is 1.04 bits per heavy atom. The highest BCUT2D eigenvalue weighted by Crippen LogP contribution is 2.23. The molecular weight excluding hydrogens is 286 g/mol. The second-order valence-corrected chi connectivity index (χ2v) is 6.39. The maximum Gasteiger partial charge on any atom is 0.225 e. The summed E-state index contributed by atoms with van der Waals surface area (Å²) in [4.78, 5) is 0. The second-order valence-electron chi connectivity index (χ2n) is 6.39. The summed E-state index contributed by atoms with van der Waals surface area (Å²) in [5, 5.41) is 11.1. The fraction of sp³-hybridized carbons (Fsp3) is 0.889. The molecule has 0 bridgehead atoms. The molecule has 0 aromatic carbocycles. The Balaban J connectivity index is 0.000000511. The van der Waals surface area contributed by atoms with Crippen LogP contribution in [-0.4, -0.2) is 21.3 Å². The molecule has 5 heteroatoms. The molecule has 0 unspecified atom stereocenters. The van der Waals surface area contributed by atoms with Gasteiger partial charge in [-0.15, -0.1) is 10.2 Å². The van der Waals surface area contributed by atoms with Crippen molar-refractivity contribution in [3.63, 3.8) is 0 Å². The van der Waals surface area contributed by atoms with Crippen LogP contribution in [0.4, 0.5) is 11.9 Å². The monoisotopic (exact) mass is 325 g/mol. The van der Waals surface area contributed by atoms with Gasteiger partial charge in [-0.2, -0.15) is 0 Å². The number of nitrogens with one attached hydrogen (secondary N) is 1. The van der Waals surface area contributed by atoms with E-state index in [9.17, 15) is 0 Å². The normalized spacial score (nSPS) is 14.3. The average Bonchev–Trinajstić information content (AvgIpc) is 2.88. The van der Waals surface area contributed by atoms with Crippen molar-refractivity contribution in [1.29, 1.82) is 0 Å². The molecule has 0 saturated heterocycles. The molecule has 1 heterocycles. The van der Waals surface area contributed by atoms with Crippen LogP contribution in [0.2, 0.25) is 0 Å². The largest absolute Gasteiger partial charge is 0.368 e. The van der Waals surface area contributed by atoms with Crippen molar-refractivity contribution in [2.75, 3.05) is 17.6 Å². The maximum atomic E-state index is 5.60. The van der Waals surface area contributed by atoms with Crippen LogP contribution in [0.5, 0.6) is 0 Å². The lowest BCUT2D eigenvalue weighted by Gasteiger charge is -2.21. The molecule has 1 saturated carbocycles. The summed E-state index contributed by atoms with van der Waals surface area (Å²) in [6.07, 6.45) is 12.1. The molecule has 1 aliphatic rings. The molecule has 0 aliphatic heterocycles. The SMILES string of the molecule is CCC.CCCCC.Cn1c(N)nnc1NCC1CCCCC1. The van der Waals surface area contributed by atoms with Gasteiger partial charge in [0.2, 0.25) is 11.9 Å². The molecule has 0 radical (unpaired) electrons. The first kappa shape index (κ1) is 21.7. The number of hydrogen-bond donors (Lipinski definition) is 2. The molecule has 3 N–H and O–H groups in total. The molecular formula is C18H39N5. The van der Waals surface area contributed by atoms with E-state index >= 15 is 0 Å². The van der Waals surface area contributed by atoms with Crippen molar-refractivity contribution < 1.29 is 0 Å². The van der Waals surface area contributed by atoms with Crippen LogP contribution >= 0.6 is 0 Å². The maximum absolute atomic E-state index is 5.60. The molecule has 0 spiro atoms. The molecule has 1 aliphatic carbocycles. The number of nitrogens with zero attached hydrogens (tertiary/aromatic N) is 3. The van der Waals surface area contributed by atoms with Gasteiger partial charge >= 0.3 is 0 Å². The highest BCUT2D eigenvalue weighted by atomic mass is 15.4. The molecule has 1 fully saturated rings. The second kappa shape index (κ2) is 14.3. The minimum atomic E-state index is 0.459. The van der Waals surface area contributed by atoms with Gasteiger partial charge in [-0.3, -0.25) is 4.57 Å². The topological polar surface area (TPSA) is 68.8 Å². The van der Waals surface area contributed by atoms with E-state index in [0.29, 0.717) is 5.95 Å². The van der Waals surface area contributed by atoms with Crippen LogP contribution < -0.4 is 11.1 Å². The van der Waals surface area contributed by atoms with Gasteiger partial charge in [-0.25, -0.2) is 0 Å². The Morgan fingerprint density at radius 2 is 1.61 bits per heavy atom. The predicted molar refractivity (Wildman–Crippen MR) is 102 cm³/mol. The standard InChI is InChI=1S/C10H19N5.C5H12.C3H8/c1-15-9(11)13-14-10(15)12-7-8-5-3-2-4-6-8;1-3-5-4-2;1-3-2/h8H,2-7H2,1H3,(H2,11,13)(H,12,14);3-5H2,1-2H3;3H2,1-2H3. The molecule has 23 heavy (non-hydrogen) atoms. The lowest BCUT2D eigenvalue weighted by atomic mass is 9.89. The zero-order chi connectivity index (χ0) is 17.5. The van der Waals surface area contributed by atoms with E-state index < -0.39 is 0 Å². The third-order valence-electron chi connectivity index (χ3n) is 3.89. The van der Waals surface area contributed by atoms with Gasteiger partial charge in [0.1, 0.15) is 0 Å². The first-order valence-corrected chi connectivity index (χ1v) is 9.49. The molecule has 136 valence electrons. The minimum Gasteiger partial charge on any atom is -0.368 e. The number of aromatic nitrogens is 3. The highest BCUT2D eigenvalue weighted by Gasteiger charge is 2.14. The smallest absolute Gasteiger partial charge is 0.225 e. The first-order valence-electron chi connectivity index (χ1n) is 9.49. The molecule has 2 rings (SSSR count). The van der Waals surface area contributed by atoms with Crippen molar-refractivity contribution in [3.8, 4) is 0 Å². The highest BCUT2D eigenvalue weighted by molar-refractivity contribution is 5.32. The van der Waals surface area contributed by atoms with E-state index in [0.717, 1.165) is 18.4 Å². The van der Waals surface area contributed by atoms with Gasteiger partial charge in [0.15, 0.2) is 0 Å². The lowest BCUT2D eigenvalue weighted by Crippen LogP contribution is -2.18. The van der Waals surface area contributed by atoms with Crippen LogP contribution in [0.3, 0.4) is 0 Å². The number of rotatable bonds is 5. The third kappa shape index (κ3) is 10.2. The van der Waals surface area contributed by atoms with Gasteiger partial charge in [0.25, 0.3) is 0 Å². The third-order valence-corrected chi connectivity index (χ3v) is 3.89. The summed E-state index contributed by atoms with van der Waals surface area (Å²) >= 11 is 0. The van der Waals surface area contributed by atoms with E-state index in [-0.39, 0.29) is 0 Å². The predicted octanol–water partition coefficient (Wildman–Crippen LogP) is 5.00. The van der Waals surface area contributed by atoms with Crippen LogP contribution in [-0.2, 0) is 7.05 Å². The van der Waals surface area contributed by atoms with Crippen molar-refractivity contribution in [2.45, 2.75) is 85.5 Å². The van der Waals surface area contributed by atoms with E-state index in [1.807, 2.05) is 7.05 Å². The number of unbranched alkanes of at least 4 members (excludes halogenated alkanes) is 2. The number of anilines is 2. The summed E-state index contributed by atoms with van der Waals surface area (Å²) < 4.78 is 1.78. The summed E-state index contributed by atoms with van der Waals surface area (Å²) in [6, 6.07) is 0. The summed E-state index contributed by atoms with van der Waals surface area (Å²) in [7, 11) is 1.87. The summed E-state index contributed by atoms with van der Waals surface area (Å²) in [5.74, 6) is 2.02. The van der Waals surface area contributed by atoms with Gasteiger partial charge in [0.05, 0.1) is 0 Å². The van der Waals surface area contributed by atoms with Crippen molar-refractivity contribution in [3.05, 3.63) is 0 Å². The van der Waals surface area contributed by atoms with Crippen molar-refractivity contribution in [1.82, 2.24) is 14.8 Å². The zero-order valence-corrected chi connectivity index (χ0v) is 16.1. The van der Waals surface area contributed by atoms with E-state index in [4.69, 9.17) is 5.73 Å². The minimum absolute atomic E-state index is 0.459. The number of nitrogens with two attached hydrogens (primary N) is 1. The van der Waals surface area contributed by atoms with Gasteiger partial charge in [-0.1, -0.05) is 72.6 Å². The molecule has 1 aromatic heterocycles. The lowest BCUT2D eigenvalue weighted by molar-refractivity contribution is 0.372. The summed E-state index contributed by atoms with van der Waals surface area (Å²) in [6.45, 7) is 9.67. The molecule has 1 aromatic rings. The van der Waals surface area contributed by atoms with Gasteiger partial charge in [-0.05, 0) is 18.8 Å². The zero-order valence-electron chi connectivity index (χ0n) is 16.1. The Kier molecular flexibility index (Phi) is 13.6. The average molecular weight is 326 g/mol. The molecule has 0 amide bonds. The first-order chi connectivity index (χ1) is 11.1. The Morgan fingerprint density at radius 3 is 2.00 bits per heavy atom. The van der Waals surface area contributed by atoms with E-state index in [1.165, 1.54) is 57.8 Å². The Hall–Kier alpha value is -1.26. The number of nitrogen functional groups attached to an aromatic ring is 1. The van der Waals surface area contributed by atoms with E-state index in [1.54, 1.807) is 4.57 Å². The van der Waals surface area contributed by atoms with Crippen LogP contribution in [0, 0.1) is 5.92 Å². The molecule has 5 nitrogen and oxygen atoms in total.